The van der Waals surface area contributed by atoms with E-state index in [0.717, 1.165) is 37.8 Å². The van der Waals surface area contributed by atoms with E-state index in [2.05, 4.69) is 23.5 Å². The van der Waals surface area contributed by atoms with Crippen LogP contribution in [0, 0.1) is 0 Å². The fraction of sp³-hybridized carbons (Fsp3) is 0.636. The summed E-state index contributed by atoms with van der Waals surface area (Å²) in [5.41, 5.74) is 0. The largest absolute Gasteiger partial charge is 0.494 e. The molecule has 1 aliphatic heterocycles. The van der Waals surface area contributed by atoms with Crippen LogP contribution in [0.3, 0.4) is 0 Å². The van der Waals surface area contributed by atoms with Crippen LogP contribution < -0.4 is 5.32 Å². The van der Waals surface area contributed by atoms with Crippen LogP contribution in [0.25, 0.3) is 0 Å². The first-order valence-electron chi connectivity index (χ1n) is 5.18. The quantitative estimate of drug-likeness (QED) is 0.652. The molecule has 0 unspecified atom stereocenters. The van der Waals surface area contributed by atoms with E-state index < -0.39 is 0 Å². The van der Waals surface area contributed by atoms with Gasteiger partial charge in [-0.05, 0) is 38.0 Å². The van der Waals surface area contributed by atoms with Gasteiger partial charge in [-0.3, -0.25) is 0 Å². The summed E-state index contributed by atoms with van der Waals surface area (Å²) in [6.45, 7) is 1.97. The average molecular weight is 179 g/mol. The van der Waals surface area contributed by atoms with Crippen LogP contribution in [-0.4, -0.2) is 19.2 Å². The third-order valence-corrected chi connectivity index (χ3v) is 2.34. The maximum atomic E-state index is 5.35. The maximum Gasteiger partial charge on any atom is 0.115 e. The number of ether oxygens (including phenoxy) is 1. The number of nitrogens with one attached hydrogen (secondary N) is 1. The lowest BCUT2D eigenvalue weighted by Gasteiger charge is -1.98. The van der Waals surface area contributed by atoms with Gasteiger partial charge in [0.1, 0.15) is 5.76 Å². The Bertz CT molecular complexity index is 216. The molecule has 72 valence electrons. The molecule has 1 heterocycles. The molecule has 1 N–H and O–H groups in total. The van der Waals surface area contributed by atoms with Gasteiger partial charge in [-0.2, -0.15) is 0 Å². The highest BCUT2D eigenvalue weighted by molar-refractivity contribution is 5.14. The van der Waals surface area contributed by atoms with Crippen LogP contribution in [0.4, 0.5) is 0 Å². The van der Waals surface area contributed by atoms with Gasteiger partial charge in [-0.25, -0.2) is 0 Å². The van der Waals surface area contributed by atoms with Crippen molar-refractivity contribution in [1.82, 2.24) is 5.32 Å². The van der Waals surface area contributed by atoms with Gasteiger partial charge in [0.05, 0.1) is 6.61 Å². The highest BCUT2D eigenvalue weighted by Crippen LogP contribution is 2.18. The Hall–Kier alpha value is -0.760. The summed E-state index contributed by atoms with van der Waals surface area (Å²) in [6, 6.07) is 0.829. The summed E-state index contributed by atoms with van der Waals surface area (Å²) in [6.07, 6.45) is 11.3. The van der Waals surface area contributed by atoms with Gasteiger partial charge in [0.15, 0.2) is 0 Å². The fourth-order valence-electron chi connectivity index (χ4n) is 1.41. The van der Waals surface area contributed by atoms with Crippen LogP contribution in [-0.2, 0) is 4.74 Å². The zero-order chi connectivity index (χ0) is 8.93. The third kappa shape index (κ3) is 3.23. The first-order chi connectivity index (χ1) is 6.45. The average Bonchev–Trinajstić information content (AvgIpc) is 2.81. The topological polar surface area (TPSA) is 21.3 Å². The van der Waals surface area contributed by atoms with Gasteiger partial charge in [0.2, 0.25) is 0 Å². The van der Waals surface area contributed by atoms with Crippen molar-refractivity contribution in [3.8, 4) is 0 Å². The van der Waals surface area contributed by atoms with Crippen molar-refractivity contribution in [1.29, 1.82) is 0 Å². The Morgan fingerprint density at radius 3 is 3.15 bits per heavy atom. The van der Waals surface area contributed by atoms with Gasteiger partial charge in [0.25, 0.3) is 0 Å². The molecule has 0 spiro atoms. The molecule has 0 aromatic carbocycles. The van der Waals surface area contributed by atoms with E-state index >= 15 is 0 Å². The van der Waals surface area contributed by atoms with Gasteiger partial charge in [0, 0.05) is 12.5 Å². The van der Waals surface area contributed by atoms with Crippen molar-refractivity contribution in [2.24, 2.45) is 0 Å². The predicted molar refractivity (Wildman–Crippen MR) is 53.4 cm³/mol. The molecule has 2 heteroatoms. The van der Waals surface area contributed by atoms with Crippen molar-refractivity contribution >= 4 is 0 Å². The second kappa shape index (κ2) is 4.47. The SMILES string of the molecule is C1=C(/C=C/CCNC2CC2)OCC1. The van der Waals surface area contributed by atoms with E-state index in [1.165, 1.54) is 12.8 Å². The van der Waals surface area contributed by atoms with Crippen molar-refractivity contribution in [2.45, 2.75) is 31.7 Å². The molecule has 0 aromatic heterocycles. The normalized spacial score (nSPS) is 22.0. The fourth-order valence-corrected chi connectivity index (χ4v) is 1.41. The molecule has 1 fully saturated rings. The third-order valence-electron chi connectivity index (χ3n) is 2.34. The van der Waals surface area contributed by atoms with Crippen LogP contribution in [0.1, 0.15) is 25.7 Å². The second-order valence-corrected chi connectivity index (χ2v) is 3.66. The molecular formula is C11H17NO. The smallest absolute Gasteiger partial charge is 0.115 e. The van der Waals surface area contributed by atoms with Crippen LogP contribution >= 0.6 is 0 Å². The zero-order valence-corrected chi connectivity index (χ0v) is 7.96. The molecule has 1 saturated carbocycles. The van der Waals surface area contributed by atoms with Crippen molar-refractivity contribution < 1.29 is 4.74 Å². The number of allylic oxidation sites excluding steroid dienone is 1. The van der Waals surface area contributed by atoms with Crippen molar-refractivity contribution in [2.75, 3.05) is 13.2 Å². The molecule has 0 bridgehead atoms. The summed E-state index contributed by atoms with van der Waals surface area (Å²) < 4.78 is 5.35. The van der Waals surface area contributed by atoms with Gasteiger partial charge < -0.3 is 10.1 Å². The van der Waals surface area contributed by atoms with E-state index in [-0.39, 0.29) is 0 Å². The van der Waals surface area contributed by atoms with Gasteiger partial charge in [-0.15, -0.1) is 0 Å². The monoisotopic (exact) mass is 179 g/mol. The summed E-state index contributed by atoms with van der Waals surface area (Å²) in [5.74, 6) is 1.05. The lowest BCUT2D eigenvalue weighted by atomic mass is 10.3. The summed E-state index contributed by atoms with van der Waals surface area (Å²) in [5, 5.41) is 3.47. The minimum Gasteiger partial charge on any atom is -0.494 e. The number of hydrogen-bond donors (Lipinski definition) is 1. The van der Waals surface area contributed by atoms with Crippen molar-refractivity contribution in [3.05, 3.63) is 24.0 Å². The number of hydrogen-bond acceptors (Lipinski definition) is 2. The zero-order valence-electron chi connectivity index (χ0n) is 7.96. The van der Waals surface area contributed by atoms with E-state index in [4.69, 9.17) is 4.74 Å². The lowest BCUT2D eigenvalue weighted by Crippen LogP contribution is -2.16. The minimum absolute atomic E-state index is 0.829. The van der Waals surface area contributed by atoms with E-state index in [1.807, 2.05) is 0 Å². The first-order valence-corrected chi connectivity index (χ1v) is 5.18. The minimum atomic E-state index is 0.829. The molecule has 13 heavy (non-hydrogen) atoms. The Morgan fingerprint density at radius 1 is 1.54 bits per heavy atom. The van der Waals surface area contributed by atoms with Crippen LogP contribution in [0.5, 0.6) is 0 Å². The van der Waals surface area contributed by atoms with Gasteiger partial charge >= 0.3 is 0 Å². The Labute approximate surface area is 79.7 Å². The highest BCUT2D eigenvalue weighted by atomic mass is 16.5. The lowest BCUT2D eigenvalue weighted by molar-refractivity contribution is 0.257. The Kier molecular flexibility index (Phi) is 3.03. The molecule has 0 atom stereocenters. The molecular weight excluding hydrogens is 162 g/mol. The maximum absolute atomic E-state index is 5.35. The molecule has 2 aliphatic rings. The molecule has 0 amide bonds. The summed E-state index contributed by atoms with van der Waals surface area (Å²) >= 11 is 0. The molecule has 0 radical (unpaired) electrons. The van der Waals surface area contributed by atoms with E-state index in [1.54, 1.807) is 0 Å². The van der Waals surface area contributed by atoms with Crippen LogP contribution in [0.15, 0.2) is 24.0 Å². The first kappa shape index (κ1) is 8.82. The molecule has 0 aromatic rings. The molecule has 1 aliphatic carbocycles. The summed E-state index contributed by atoms with van der Waals surface area (Å²) in [4.78, 5) is 0. The van der Waals surface area contributed by atoms with Gasteiger partial charge in [-0.1, -0.05) is 6.08 Å². The highest BCUT2D eigenvalue weighted by Gasteiger charge is 2.19. The van der Waals surface area contributed by atoms with Crippen molar-refractivity contribution in [3.63, 3.8) is 0 Å². The molecule has 2 rings (SSSR count). The van der Waals surface area contributed by atoms with E-state index in [9.17, 15) is 0 Å². The molecule has 2 nitrogen and oxygen atoms in total. The van der Waals surface area contributed by atoms with E-state index in [0.29, 0.717) is 0 Å². The van der Waals surface area contributed by atoms with Crippen LogP contribution in [0.2, 0.25) is 0 Å². The Balaban J connectivity index is 1.55. The predicted octanol–water partition coefficient (Wildman–Crippen LogP) is 1.99. The number of rotatable bonds is 5. The summed E-state index contributed by atoms with van der Waals surface area (Å²) in [7, 11) is 0. The molecule has 0 saturated heterocycles. The Morgan fingerprint density at radius 2 is 2.46 bits per heavy atom. The standard InChI is InChI=1S/C11H17NO/c1(2-8-12-10-6-7-10)4-11-5-3-9-13-11/h1,4-5,10,12H,2-3,6-9H2/b4-1+. The second-order valence-electron chi connectivity index (χ2n) is 3.66.